The van der Waals surface area contributed by atoms with E-state index in [-0.39, 0.29) is 42.0 Å². The number of rotatable bonds is 6. The largest absolute Gasteiger partial charge is 0.497 e. The van der Waals surface area contributed by atoms with Crippen molar-refractivity contribution < 1.29 is 24.0 Å². The van der Waals surface area contributed by atoms with E-state index < -0.39 is 22.6 Å². The second kappa shape index (κ2) is 8.41. The maximum Gasteiger partial charge on any atom is 0.329 e. The number of fused-ring (bicyclic) bond motifs is 1. The smallest absolute Gasteiger partial charge is 0.329 e. The average molecular weight is 454 g/mol. The Bertz CT molecular complexity index is 1340. The highest BCUT2D eigenvalue weighted by Gasteiger charge is 2.38. The molecule has 1 fully saturated rings. The van der Waals surface area contributed by atoms with Crippen LogP contribution in [0.15, 0.2) is 41.2 Å². The molecule has 2 amide bonds. The summed E-state index contributed by atoms with van der Waals surface area (Å²) in [6, 6.07) is 8.42. The molecule has 2 aromatic carbocycles. The van der Waals surface area contributed by atoms with Crippen molar-refractivity contribution in [1.29, 1.82) is 0 Å². The highest BCUT2D eigenvalue weighted by atomic mass is 16.6. The molecular weight excluding hydrogens is 432 g/mol. The van der Waals surface area contributed by atoms with Crippen LogP contribution in [-0.2, 0) is 23.2 Å². The van der Waals surface area contributed by atoms with Gasteiger partial charge in [-0.15, -0.1) is 0 Å². The van der Waals surface area contributed by atoms with Crippen molar-refractivity contribution in [2.75, 3.05) is 14.2 Å². The van der Waals surface area contributed by atoms with Crippen molar-refractivity contribution in [2.45, 2.75) is 25.4 Å². The average Bonchev–Trinajstić information content (AvgIpc) is 3.06. The van der Waals surface area contributed by atoms with Gasteiger partial charge in [0.1, 0.15) is 23.1 Å². The molecule has 33 heavy (non-hydrogen) atoms. The zero-order valence-electron chi connectivity index (χ0n) is 18.3. The summed E-state index contributed by atoms with van der Waals surface area (Å²) in [5.74, 6) is 0.0994. The van der Waals surface area contributed by atoms with Crippen molar-refractivity contribution in [3.05, 3.63) is 62.6 Å². The number of nitrogens with zero attached hydrogens (tertiary/aromatic N) is 4. The number of benzene rings is 2. The molecule has 1 saturated heterocycles. The molecule has 3 aromatic rings. The van der Waals surface area contributed by atoms with Crippen LogP contribution in [0.5, 0.6) is 11.5 Å². The molecular formula is C22H22N4O7. The standard InChI is InChI=1S/C22H22N4O7/c1-23-20-15(5-4-6-16(20)26(30)31)25(22(23)29)17-9-10-19(27)24(21(17)28)12-13-7-8-14(32-2)11-18(13)33-3/h4-8,11,17H,9-10,12H2,1-3H3. The molecule has 2 heterocycles. The van der Waals surface area contributed by atoms with Crippen LogP contribution in [0.25, 0.3) is 11.0 Å². The predicted molar refractivity (Wildman–Crippen MR) is 117 cm³/mol. The maximum atomic E-state index is 13.4. The van der Waals surface area contributed by atoms with E-state index >= 15 is 0 Å². The number of aryl methyl sites for hydroxylation is 1. The second-order valence-electron chi connectivity index (χ2n) is 7.66. The number of imide groups is 1. The molecule has 0 N–H and O–H groups in total. The van der Waals surface area contributed by atoms with Crippen molar-refractivity contribution in [3.63, 3.8) is 0 Å². The van der Waals surface area contributed by atoms with Crippen LogP contribution in [0.1, 0.15) is 24.4 Å². The van der Waals surface area contributed by atoms with Gasteiger partial charge in [0.25, 0.3) is 11.6 Å². The van der Waals surface area contributed by atoms with E-state index in [1.54, 1.807) is 24.3 Å². The van der Waals surface area contributed by atoms with Gasteiger partial charge in [0.05, 0.1) is 31.2 Å². The lowest BCUT2D eigenvalue weighted by molar-refractivity contribution is -0.383. The number of imidazole rings is 1. The molecule has 0 radical (unpaired) electrons. The number of piperidine rings is 1. The van der Waals surface area contributed by atoms with Crippen molar-refractivity contribution >= 4 is 28.5 Å². The van der Waals surface area contributed by atoms with Gasteiger partial charge in [0, 0.05) is 31.2 Å². The Hall–Kier alpha value is -4.15. The number of hydrogen-bond donors (Lipinski definition) is 0. The van der Waals surface area contributed by atoms with Crippen LogP contribution in [0.4, 0.5) is 5.69 Å². The number of likely N-dealkylation sites (tertiary alicyclic amines) is 1. The Morgan fingerprint density at radius 2 is 1.88 bits per heavy atom. The number of ether oxygens (including phenoxy) is 2. The third-order valence-electron chi connectivity index (χ3n) is 5.90. The van der Waals surface area contributed by atoms with Gasteiger partial charge in [-0.1, -0.05) is 6.07 Å². The quantitative estimate of drug-likeness (QED) is 0.317. The van der Waals surface area contributed by atoms with Gasteiger partial charge < -0.3 is 9.47 Å². The number of nitro benzene ring substituents is 1. The van der Waals surface area contributed by atoms with E-state index in [4.69, 9.17) is 9.47 Å². The number of hydrogen-bond acceptors (Lipinski definition) is 7. The Kier molecular flexibility index (Phi) is 5.62. The lowest BCUT2D eigenvalue weighted by atomic mass is 10.0. The van der Waals surface area contributed by atoms with Gasteiger partial charge in [-0.25, -0.2) is 4.79 Å². The molecule has 172 valence electrons. The minimum Gasteiger partial charge on any atom is -0.497 e. The SMILES string of the molecule is COc1ccc(CN2C(=O)CCC(n3c(=O)n(C)c4c([N+](=O)[O-])cccc43)C2=O)c(OC)c1. The fraction of sp³-hybridized carbons (Fsp3) is 0.318. The highest BCUT2D eigenvalue weighted by molar-refractivity contribution is 6.00. The first-order valence-electron chi connectivity index (χ1n) is 10.2. The van der Waals surface area contributed by atoms with E-state index in [0.717, 1.165) is 9.47 Å². The predicted octanol–water partition coefficient (Wildman–Crippen LogP) is 2.16. The van der Waals surface area contributed by atoms with Crippen LogP contribution in [0, 0.1) is 10.1 Å². The summed E-state index contributed by atoms with van der Waals surface area (Å²) < 4.78 is 13.0. The minimum atomic E-state index is -0.967. The monoisotopic (exact) mass is 454 g/mol. The Morgan fingerprint density at radius 1 is 1.12 bits per heavy atom. The first kappa shape index (κ1) is 22.1. The van der Waals surface area contributed by atoms with Crippen molar-refractivity contribution in [3.8, 4) is 11.5 Å². The zero-order valence-corrected chi connectivity index (χ0v) is 18.3. The van der Waals surface area contributed by atoms with Gasteiger partial charge in [-0.3, -0.25) is 33.7 Å². The van der Waals surface area contributed by atoms with Crippen molar-refractivity contribution in [1.82, 2.24) is 14.0 Å². The lowest BCUT2D eigenvalue weighted by Gasteiger charge is -2.31. The molecule has 1 aliphatic rings. The Balaban J connectivity index is 1.76. The molecule has 0 saturated carbocycles. The lowest BCUT2D eigenvalue weighted by Crippen LogP contribution is -2.47. The van der Waals surface area contributed by atoms with E-state index in [1.165, 1.54) is 38.0 Å². The summed E-state index contributed by atoms with van der Waals surface area (Å²) in [4.78, 5) is 51.1. The summed E-state index contributed by atoms with van der Waals surface area (Å²) in [6.07, 6.45) is 0.169. The fourth-order valence-corrected chi connectivity index (χ4v) is 4.25. The van der Waals surface area contributed by atoms with Gasteiger partial charge in [-0.2, -0.15) is 0 Å². The summed E-state index contributed by atoms with van der Waals surface area (Å²) >= 11 is 0. The van der Waals surface area contributed by atoms with Crippen LogP contribution in [-0.4, -0.2) is 45.0 Å². The summed E-state index contributed by atoms with van der Waals surface area (Å²) in [6.45, 7) is -0.0407. The highest BCUT2D eigenvalue weighted by Crippen LogP contribution is 2.32. The molecule has 0 spiro atoms. The van der Waals surface area contributed by atoms with Crippen LogP contribution in [0.2, 0.25) is 0 Å². The van der Waals surface area contributed by atoms with Crippen LogP contribution >= 0.6 is 0 Å². The second-order valence-corrected chi connectivity index (χ2v) is 7.66. The third kappa shape index (κ3) is 3.60. The summed E-state index contributed by atoms with van der Waals surface area (Å²) in [5, 5.41) is 11.5. The number of carbonyl (C=O) groups is 2. The number of para-hydroxylation sites is 1. The van der Waals surface area contributed by atoms with E-state index in [9.17, 15) is 24.5 Å². The molecule has 11 nitrogen and oxygen atoms in total. The Labute approximate surface area is 187 Å². The van der Waals surface area contributed by atoms with E-state index in [2.05, 4.69) is 0 Å². The maximum absolute atomic E-state index is 13.4. The molecule has 11 heteroatoms. The molecule has 4 rings (SSSR count). The number of nitro groups is 1. The number of amides is 2. The molecule has 1 unspecified atom stereocenters. The molecule has 0 aliphatic carbocycles. The zero-order chi connectivity index (χ0) is 23.9. The van der Waals surface area contributed by atoms with E-state index in [0.29, 0.717) is 17.1 Å². The van der Waals surface area contributed by atoms with Gasteiger partial charge in [0.15, 0.2) is 0 Å². The number of carbonyl (C=O) groups excluding carboxylic acids is 2. The summed E-state index contributed by atoms with van der Waals surface area (Å²) in [7, 11) is 4.42. The van der Waals surface area contributed by atoms with E-state index in [1.807, 2.05) is 0 Å². The topological polar surface area (TPSA) is 126 Å². The molecule has 1 aromatic heterocycles. The molecule has 1 aliphatic heterocycles. The van der Waals surface area contributed by atoms with Crippen LogP contribution in [0.3, 0.4) is 0 Å². The molecule has 1 atom stereocenters. The minimum absolute atomic E-state index is 0.0407. The normalized spacial score (nSPS) is 16.3. The van der Waals surface area contributed by atoms with Gasteiger partial charge in [0.2, 0.25) is 5.91 Å². The first-order chi connectivity index (χ1) is 15.8. The summed E-state index contributed by atoms with van der Waals surface area (Å²) in [5.41, 5.74) is 0.201. The van der Waals surface area contributed by atoms with Gasteiger partial charge >= 0.3 is 5.69 Å². The fourth-order valence-electron chi connectivity index (χ4n) is 4.25. The Morgan fingerprint density at radius 3 is 2.55 bits per heavy atom. The third-order valence-corrected chi connectivity index (χ3v) is 5.90. The molecule has 0 bridgehead atoms. The van der Waals surface area contributed by atoms with Gasteiger partial charge in [-0.05, 0) is 24.6 Å². The number of non-ortho nitro benzene ring substituents is 1. The first-order valence-corrected chi connectivity index (χ1v) is 10.2. The number of methoxy groups -OCH3 is 2. The number of aromatic nitrogens is 2. The van der Waals surface area contributed by atoms with Crippen molar-refractivity contribution in [2.24, 2.45) is 7.05 Å². The van der Waals surface area contributed by atoms with Crippen LogP contribution < -0.4 is 15.2 Å².